The molecule has 3 N–H and O–H groups in total. The quantitative estimate of drug-likeness (QED) is 0.647. The van der Waals surface area contributed by atoms with E-state index in [4.69, 9.17) is 21.1 Å². The van der Waals surface area contributed by atoms with E-state index in [-0.39, 0.29) is 31.0 Å². The van der Waals surface area contributed by atoms with E-state index >= 15 is 0 Å². The van der Waals surface area contributed by atoms with E-state index in [1.807, 2.05) is 42.5 Å². The molecular weight excluding hydrogens is 404 g/mol. The lowest BCUT2D eigenvalue weighted by Crippen LogP contribution is -2.33. The monoisotopic (exact) mass is 432 g/mol. The predicted molar refractivity (Wildman–Crippen MR) is 115 cm³/mol. The van der Waals surface area contributed by atoms with Crippen molar-refractivity contribution in [3.63, 3.8) is 0 Å². The van der Waals surface area contributed by atoms with E-state index < -0.39 is 6.10 Å². The number of aliphatic hydroxyl groups is 3. The zero-order chi connectivity index (χ0) is 21.1. The van der Waals surface area contributed by atoms with Crippen molar-refractivity contribution in [3.8, 4) is 5.75 Å². The van der Waals surface area contributed by atoms with Crippen LogP contribution in [0.4, 0.5) is 0 Å². The van der Waals surface area contributed by atoms with Gasteiger partial charge in [0.05, 0.1) is 31.0 Å². The molecule has 0 spiro atoms. The first-order valence-corrected chi connectivity index (χ1v) is 11.1. The lowest BCUT2D eigenvalue weighted by Gasteiger charge is -2.32. The second-order valence-electron chi connectivity index (χ2n) is 8.38. The van der Waals surface area contributed by atoms with Gasteiger partial charge in [-0.2, -0.15) is 0 Å². The van der Waals surface area contributed by atoms with Gasteiger partial charge in [-0.3, -0.25) is 0 Å². The van der Waals surface area contributed by atoms with E-state index in [1.165, 1.54) is 0 Å². The Hall–Kier alpha value is -1.63. The summed E-state index contributed by atoms with van der Waals surface area (Å²) in [5, 5.41) is 30.1. The van der Waals surface area contributed by atoms with Gasteiger partial charge in [-0.25, -0.2) is 0 Å². The van der Waals surface area contributed by atoms with Gasteiger partial charge in [-0.15, -0.1) is 0 Å². The third-order valence-corrected chi connectivity index (χ3v) is 6.41. The number of hydrogen-bond donors (Lipinski definition) is 3. The fourth-order valence-electron chi connectivity index (χ4n) is 4.38. The van der Waals surface area contributed by atoms with Crippen molar-refractivity contribution < 1.29 is 24.8 Å². The van der Waals surface area contributed by atoms with Crippen molar-refractivity contribution in [2.24, 2.45) is 0 Å². The fraction of sp³-hybridized carbons (Fsp3) is 0.500. The minimum absolute atomic E-state index is 0.0969. The number of benzene rings is 2. The van der Waals surface area contributed by atoms with Crippen LogP contribution in [0.3, 0.4) is 0 Å². The molecule has 2 unspecified atom stereocenters. The number of rotatable bonds is 6. The van der Waals surface area contributed by atoms with Crippen LogP contribution in [0, 0.1) is 0 Å². The van der Waals surface area contributed by atoms with Crippen LogP contribution in [0.25, 0.3) is 0 Å². The van der Waals surface area contributed by atoms with Crippen LogP contribution in [0.1, 0.15) is 54.9 Å². The summed E-state index contributed by atoms with van der Waals surface area (Å²) in [6.45, 7) is -0.0969. The van der Waals surface area contributed by atoms with E-state index in [0.29, 0.717) is 24.3 Å². The maximum Gasteiger partial charge on any atom is 0.124 e. The molecule has 0 radical (unpaired) electrons. The average Bonchev–Trinajstić information content (AvgIpc) is 3.15. The normalized spacial score (nSPS) is 29.1. The molecular formula is C24H29ClO5. The molecule has 0 amide bonds. The van der Waals surface area contributed by atoms with Crippen LogP contribution in [0.5, 0.6) is 5.75 Å². The molecule has 2 fully saturated rings. The third kappa shape index (κ3) is 5.16. The maximum absolute atomic E-state index is 10.1. The zero-order valence-electron chi connectivity index (χ0n) is 16.9. The smallest absolute Gasteiger partial charge is 0.124 e. The molecule has 0 bridgehead atoms. The number of ether oxygens (including phenoxy) is 2. The molecule has 30 heavy (non-hydrogen) atoms. The van der Waals surface area contributed by atoms with E-state index in [2.05, 4.69) is 0 Å². The topological polar surface area (TPSA) is 79.2 Å². The van der Waals surface area contributed by atoms with Gasteiger partial charge in [-0.1, -0.05) is 35.9 Å². The number of hydrogen-bond acceptors (Lipinski definition) is 5. The molecule has 1 aliphatic carbocycles. The summed E-state index contributed by atoms with van der Waals surface area (Å²) in [7, 11) is 0. The fourth-order valence-corrected chi connectivity index (χ4v) is 4.56. The summed E-state index contributed by atoms with van der Waals surface area (Å²) in [6, 6.07) is 13.7. The Labute approximate surface area is 182 Å². The van der Waals surface area contributed by atoms with Gasteiger partial charge in [0.2, 0.25) is 0 Å². The SMILES string of the molecule is OC[C@@H]1C[C@H](O)C[C@H](c2ccc(Cl)c(Cc3ccc(OC4CCCC4O)cc3)c2)O1. The minimum atomic E-state index is -0.481. The molecule has 1 aliphatic heterocycles. The first kappa shape index (κ1) is 21.6. The average molecular weight is 433 g/mol. The maximum atomic E-state index is 10.1. The highest BCUT2D eigenvalue weighted by atomic mass is 35.5. The van der Waals surface area contributed by atoms with Crippen LogP contribution in [-0.2, 0) is 11.2 Å². The first-order chi connectivity index (χ1) is 14.5. The van der Waals surface area contributed by atoms with Crippen LogP contribution in [0.2, 0.25) is 5.02 Å². The molecule has 5 nitrogen and oxygen atoms in total. The van der Waals surface area contributed by atoms with Gasteiger partial charge in [-0.05, 0) is 60.6 Å². The molecule has 1 saturated heterocycles. The predicted octanol–water partition coefficient (Wildman–Crippen LogP) is 3.80. The molecule has 1 saturated carbocycles. The summed E-state index contributed by atoms with van der Waals surface area (Å²) in [6.07, 6.45) is 2.75. The second-order valence-corrected chi connectivity index (χ2v) is 8.79. The molecule has 2 aliphatic rings. The molecule has 2 aromatic rings. The first-order valence-electron chi connectivity index (χ1n) is 10.7. The lowest BCUT2D eigenvalue weighted by atomic mass is 9.94. The third-order valence-electron chi connectivity index (χ3n) is 6.05. The molecule has 1 heterocycles. The van der Waals surface area contributed by atoms with Gasteiger partial charge in [0.25, 0.3) is 0 Å². The molecule has 0 aromatic heterocycles. The highest BCUT2D eigenvalue weighted by Gasteiger charge is 2.29. The zero-order valence-corrected chi connectivity index (χ0v) is 17.7. The van der Waals surface area contributed by atoms with Gasteiger partial charge in [0.15, 0.2) is 0 Å². The largest absolute Gasteiger partial charge is 0.488 e. The van der Waals surface area contributed by atoms with E-state index in [0.717, 1.165) is 41.7 Å². The van der Waals surface area contributed by atoms with E-state index in [1.54, 1.807) is 0 Å². The summed E-state index contributed by atoms with van der Waals surface area (Å²) in [5.41, 5.74) is 3.05. The summed E-state index contributed by atoms with van der Waals surface area (Å²) in [5.74, 6) is 0.768. The van der Waals surface area contributed by atoms with Crippen molar-refractivity contribution >= 4 is 11.6 Å². The van der Waals surface area contributed by atoms with Gasteiger partial charge in [0, 0.05) is 17.9 Å². The van der Waals surface area contributed by atoms with Gasteiger partial charge < -0.3 is 24.8 Å². The van der Waals surface area contributed by atoms with Crippen molar-refractivity contribution in [3.05, 3.63) is 64.2 Å². The van der Waals surface area contributed by atoms with Crippen molar-refractivity contribution in [1.82, 2.24) is 0 Å². The molecule has 162 valence electrons. The minimum Gasteiger partial charge on any atom is -0.488 e. The standard InChI is InChI=1S/C24H29ClO5/c25-21-9-6-16(24-13-18(27)12-20(14-26)30-24)11-17(21)10-15-4-7-19(8-5-15)29-23-3-1-2-22(23)28/h4-9,11,18,20,22-24,26-28H,1-3,10,12-14H2/t18-,20-,22?,23?,24+/m0/s1. The van der Waals surface area contributed by atoms with Gasteiger partial charge >= 0.3 is 0 Å². The Morgan fingerprint density at radius 2 is 1.83 bits per heavy atom. The molecule has 6 heteroatoms. The van der Waals surface area contributed by atoms with Crippen molar-refractivity contribution in [2.45, 2.75) is 69.0 Å². The Bertz CT molecular complexity index is 840. The van der Waals surface area contributed by atoms with Crippen molar-refractivity contribution in [1.29, 1.82) is 0 Å². The second kappa shape index (κ2) is 9.67. The van der Waals surface area contributed by atoms with Crippen LogP contribution >= 0.6 is 11.6 Å². The number of aliphatic hydroxyl groups excluding tert-OH is 3. The molecule has 2 aromatic carbocycles. The Morgan fingerprint density at radius 1 is 1.03 bits per heavy atom. The molecule has 4 rings (SSSR count). The van der Waals surface area contributed by atoms with Crippen LogP contribution < -0.4 is 4.74 Å². The van der Waals surface area contributed by atoms with E-state index in [9.17, 15) is 15.3 Å². The Balaban J connectivity index is 1.44. The summed E-state index contributed by atoms with van der Waals surface area (Å²) >= 11 is 6.45. The van der Waals surface area contributed by atoms with Crippen LogP contribution in [-0.4, -0.2) is 46.3 Å². The van der Waals surface area contributed by atoms with Gasteiger partial charge in [0.1, 0.15) is 11.9 Å². The summed E-state index contributed by atoms with van der Waals surface area (Å²) in [4.78, 5) is 0. The highest BCUT2D eigenvalue weighted by Crippen LogP contribution is 2.34. The Kier molecular flexibility index (Phi) is 6.96. The summed E-state index contributed by atoms with van der Waals surface area (Å²) < 4.78 is 11.8. The highest BCUT2D eigenvalue weighted by molar-refractivity contribution is 6.31. The number of halogens is 1. The van der Waals surface area contributed by atoms with Crippen molar-refractivity contribution in [2.75, 3.05) is 6.61 Å². The lowest BCUT2D eigenvalue weighted by molar-refractivity contribution is -0.113. The Morgan fingerprint density at radius 3 is 2.53 bits per heavy atom. The van der Waals surface area contributed by atoms with Crippen LogP contribution in [0.15, 0.2) is 42.5 Å². The molecule has 5 atom stereocenters.